The number of rotatable bonds is 4. The van der Waals surface area contributed by atoms with Crippen LogP contribution in [0.2, 0.25) is 0 Å². The normalized spacial score (nSPS) is 14.3. The molecule has 0 heterocycles. The van der Waals surface area contributed by atoms with Crippen molar-refractivity contribution in [3.63, 3.8) is 0 Å². The lowest BCUT2D eigenvalue weighted by Crippen LogP contribution is -2.04. The summed E-state index contributed by atoms with van der Waals surface area (Å²) >= 11 is 0. The van der Waals surface area contributed by atoms with E-state index in [4.69, 9.17) is 0 Å². The molecule has 0 spiro atoms. The Balaban J connectivity index is 2.94. The van der Waals surface area contributed by atoms with Gasteiger partial charge in [0.1, 0.15) is 0 Å². The van der Waals surface area contributed by atoms with Gasteiger partial charge in [0.05, 0.1) is 0 Å². The smallest absolute Gasteiger partial charge is 0.00435 e. The minimum Gasteiger partial charge on any atom is -0.0778 e. The van der Waals surface area contributed by atoms with Gasteiger partial charge < -0.3 is 0 Å². The van der Waals surface area contributed by atoms with Gasteiger partial charge in [0.25, 0.3) is 0 Å². The van der Waals surface area contributed by atoms with Crippen molar-refractivity contribution in [1.29, 1.82) is 0 Å². The minimum absolute atomic E-state index is 0.561. The number of benzene rings is 1. The summed E-state index contributed by atoms with van der Waals surface area (Å²) in [5.41, 5.74) is 2.91. The standard InChI is InChI=1S/C15H22/c1-5-13(4)11-15(12(2)3)14-9-7-6-8-10-14/h6-12,15H,5H2,1-4H3/t15-/m0/s1. The Bertz CT molecular complexity index is 306. The van der Waals surface area contributed by atoms with Crippen molar-refractivity contribution in [2.24, 2.45) is 5.92 Å². The lowest BCUT2D eigenvalue weighted by Gasteiger charge is -2.18. The summed E-state index contributed by atoms with van der Waals surface area (Å²) in [4.78, 5) is 0. The molecule has 0 aliphatic rings. The third-order valence-electron chi connectivity index (χ3n) is 2.92. The van der Waals surface area contributed by atoms with Gasteiger partial charge in [0.15, 0.2) is 0 Å². The van der Waals surface area contributed by atoms with Crippen molar-refractivity contribution in [2.75, 3.05) is 0 Å². The van der Waals surface area contributed by atoms with Crippen molar-refractivity contribution in [1.82, 2.24) is 0 Å². The molecule has 0 bridgehead atoms. The fraction of sp³-hybridized carbons (Fsp3) is 0.467. The first-order valence-electron chi connectivity index (χ1n) is 5.87. The van der Waals surface area contributed by atoms with Gasteiger partial charge in [0.2, 0.25) is 0 Å². The molecule has 0 saturated carbocycles. The average molecular weight is 202 g/mol. The second-order valence-electron chi connectivity index (χ2n) is 4.55. The van der Waals surface area contributed by atoms with Gasteiger partial charge in [-0.3, -0.25) is 0 Å². The Morgan fingerprint density at radius 1 is 1.20 bits per heavy atom. The van der Waals surface area contributed by atoms with Crippen molar-refractivity contribution in [3.8, 4) is 0 Å². The minimum atomic E-state index is 0.561. The zero-order valence-corrected chi connectivity index (χ0v) is 10.3. The molecule has 0 aromatic heterocycles. The van der Waals surface area contributed by atoms with Gasteiger partial charge in [0, 0.05) is 5.92 Å². The molecule has 0 radical (unpaired) electrons. The highest BCUT2D eigenvalue weighted by molar-refractivity contribution is 5.25. The van der Waals surface area contributed by atoms with Gasteiger partial charge >= 0.3 is 0 Å². The molecule has 0 saturated heterocycles. The Hall–Kier alpha value is -1.04. The van der Waals surface area contributed by atoms with Crippen LogP contribution < -0.4 is 0 Å². The van der Waals surface area contributed by atoms with E-state index >= 15 is 0 Å². The molecule has 0 unspecified atom stereocenters. The third-order valence-corrected chi connectivity index (χ3v) is 2.92. The highest BCUT2D eigenvalue weighted by Gasteiger charge is 2.12. The van der Waals surface area contributed by atoms with E-state index in [-0.39, 0.29) is 0 Å². The van der Waals surface area contributed by atoms with Crippen LogP contribution in [-0.2, 0) is 0 Å². The largest absolute Gasteiger partial charge is 0.0778 e. The van der Waals surface area contributed by atoms with Crippen LogP contribution in [0.3, 0.4) is 0 Å². The molecular weight excluding hydrogens is 180 g/mol. The second kappa shape index (κ2) is 5.75. The van der Waals surface area contributed by atoms with Crippen LogP contribution in [0.5, 0.6) is 0 Å². The number of allylic oxidation sites excluding steroid dienone is 2. The third kappa shape index (κ3) is 3.54. The van der Waals surface area contributed by atoms with Crippen molar-refractivity contribution in [3.05, 3.63) is 47.5 Å². The molecule has 0 nitrogen and oxygen atoms in total. The molecule has 0 fully saturated rings. The maximum Gasteiger partial charge on any atom is 0.00435 e. The SMILES string of the molecule is CCC(C)=C[C@H](c1ccccc1)C(C)C. The molecule has 0 heteroatoms. The van der Waals surface area contributed by atoms with Gasteiger partial charge in [-0.2, -0.15) is 0 Å². The molecule has 0 aliphatic carbocycles. The fourth-order valence-electron chi connectivity index (χ4n) is 1.77. The summed E-state index contributed by atoms with van der Waals surface area (Å²) in [5, 5.41) is 0. The van der Waals surface area contributed by atoms with Crippen LogP contribution in [-0.4, -0.2) is 0 Å². The molecule has 0 N–H and O–H groups in total. The lowest BCUT2D eigenvalue weighted by atomic mass is 9.87. The van der Waals surface area contributed by atoms with E-state index in [9.17, 15) is 0 Å². The number of hydrogen-bond acceptors (Lipinski definition) is 0. The van der Waals surface area contributed by atoms with E-state index in [1.54, 1.807) is 0 Å². The molecule has 1 aromatic carbocycles. The molecule has 15 heavy (non-hydrogen) atoms. The Kier molecular flexibility index (Phi) is 4.61. The van der Waals surface area contributed by atoms with Crippen LogP contribution in [0.15, 0.2) is 42.0 Å². The summed E-state index contributed by atoms with van der Waals surface area (Å²) in [6.07, 6.45) is 3.57. The average Bonchev–Trinajstić information content (AvgIpc) is 2.26. The van der Waals surface area contributed by atoms with Crippen LogP contribution in [0, 0.1) is 5.92 Å². The van der Waals surface area contributed by atoms with Crippen LogP contribution in [0.4, 0.5) is 0 Å². The monoisotopic (exact) mass is 202 g/mol. The quantitative estimate of drug-likeness (QED) is 0.616. The van der Waals surface area contributed by atoms with Crippen LogP contribution >= 0.6 is 0 Å². The van der Waals surface area contributed by atoms with Gasteiger partial charge in [-0.05, 0) is 24.8 Å². The maximum atomic E-state index is 2.42. The summed E-state index contributed by atoms with van der Waals surface area (Å²) in [7, 11) is 0. The molecule has 1 atom stereocenters. The molecular formula is C15H22. The van der Waals surface area contributed by atoms with Gasteiger partial charge in [-0.25, -0.2) is 0 Å². The topological polar surface area (TPSA) is 0 Å². The Morgan fingerprint density at radius 3 is 2.27 bits per heavy atom. The van der Waals surface area contributed by atoms with Crippen molar-refractivity contribution < 1.29 is 0 Å². The predicted molar refractivity (Wildman–Crippen MR) is 68.1 cm³/mol. The molecule has 1 aromatic rings. The van der Waals surface area contributed by atoms with Crippen LogP contribution in [0.25, 0.3) is 0 Å². The molecule has 0 amide bonds. The molecule has 1 rings (SSSR count). The predicted octanol–water partition coefficient (Wildman–Crippen LogP) is 4.78. The Labute approximate surface area is 94.0 Å². The first kappa shape index (κ1) is 12.0. The van der Waals surface area contributed by atoms with E-state index in [1.807, 2.05) is 0 Å². The summed E-state index contributed by atoms with van der Waals surface area (Å²) in [6, 6.07) is 10.8. The fourth-order valence-corrected chi connectivity index (χ4v) is 1.77. The van der Waals surface area contributed by atoms with Crippen molar-refractivity contribution >= 4 is 0 Å². The molecule has 82 valence electrons. The zero-order valence-electron chi connectivity index (χ0n) is 10.3. The van der Waals surface area contributed by atoms with Gasteiger partial charge in [-0.15, -0.1) is 0 Å². The molecule has 0 aliphatic heterocycles. The zero-order chi connectivity index (χ0) is 11.3. The van der Waals surface area contributed by atoms with E-state index in [1.165, 1.54) is 11.1 Å². The highest BCUT2D eigenvalue weighted by Crippen LogP contribution is 2.27. The number of hydrogen-bond donors (Lipinski definition) is 0. The van der Waals surface area contributed by atoms with E-state index in [2.05, 4.69) is 64.1 Å². The highest BCUT2D eigenvalue weighted by atomic mass is 14.2. The van der Waals surface area contributed by atoms with E-state index < -0.39 is 0 Å². The summed E-state index contributed by atoms with van der Waals surface area (Å²) < 4.78 is 0. The van der Waals surface area contributed by atoms with E-state index in [0.29, 0.717) is 11.8 Å². The second-order valence-corrected chi connectivity index (χ2v) is 4.55. The summed E-state index contributed by atoms with van der Waals surface area (Å²) in [5.74, 6) is 1.22. The summed E-state index contributed by atoms with van der Waals surface area (Å²) in [6.45, 7) is 9.01. The van der Waals surface area contributed by atoms with Crippen molar-refractivity contribution in [2.45, 2.75) is 40.0 Å². The lowest BCUT2D eigenvalue weighted by molar-refractivity contribution is 0.574. The first-order chi connectivity index (χ1) is 7.15. The van der Waals surface area contributed by atoms with E-state index in [0.717, 1.165) is 6.42 Å². The maximum absolute atomic E-state index is 2.42. The first-order valence-corrected chi connectivity index (χ1v) is 5.87. The Morgan fingerprint density at radius 2 is 1.80 bits per heavy atom. The van der Waals surface area contributed by atoms with Gasteiger partial charge in [-0.1, -0.05) is 62.8 Å². The van der Waals surface area contributed by atoms with Crippen LogP contribution in [0.1, 0.15) is 45.6 Å².